The van der Waals surface area contributed by atoms with Gasteiger partial charge in [-0.15, -0.1) is 5.10 Å². The normalized spacial score (nSPS) is 10.6. The van der Waals surface area contributed by atoms with Crippen LogP contribution in [0.5, 0.6) is 5.75 Å². The molecule has 0 bridgehead atoms. The predicted octanol–water partition coefficient (Wildman–Crippen LogP) is 4.67. The molecule has 0 atom stereocenters. The van der Waals surface area contributed by atoms with Crippen LogP contribution in [-0.2, 0) is 6.61 Å². The second kappa shape index (κ2) is 8.49. The predicted molar refractivity (Wildman–Crippen MR) is 104 cm³/mol. The van der Waals surface area contributed by atoms with Gasteiger partial charge in [0.15, 0.2) is 5.82 Å². The van der Waals surface area contributed by atoms with Crippen LogP contribution in [0.1, 0.15) is 19.4 Å². The quantitative estimate of drug-likeness (QED) is 0.630. The number of ether oxygens (including phenoxy) is 1. The largest absolute Gasteiger partial charge is 0.489 e. The number of hydrogen-bond acceptors (Lipinski definition) is 6. The topological polar surface area (TPSA) is 72.0 Å². The van der Waals surface area contributed by atoms with Gasteiger partial charge in [-0.05, 0) is 55.8 Å². The molecule has 0 radical (unpaired) electrons. The smallest absolute Gasteiger partial charge is 0.244 e. The molecule has 0 unspecified atom stereocenters. The number of halogens is 1. The van der Waals surface area contributed by atoms with Crippen LogP contribution in [0.4, 0.5) is 17.5 Å². The van der Waals surface area contributed by atoms with Crippen molar-refractivity contribution in [3.8, 4) is 5.75 Å². The molecule has 2 aromatic carbocycles. The zero-order valence-corrected chi connectivity index (χ0v) is 15.4. The van der Waals surface area contributed by atoms with Gasteiger partial charge < -0.3 is 15.4 Å². The number of rotatable bonds is 7. The molecule has 0 amide bonds. The minimum Gasteiger partial charge on any atom is -0.489 e. The Morgan fingerprint density at radius 1 is 1.04 bits per heavy atom. The Balaban J connectivity index is 1.58. The molecule has 6 nitrogen and oxygen atoms in total. The van der Waals surface area contributed by atoms with Crippen molar-refractivity contribution in [2.75, 3.05) is 10.6 Å². The molecular weight excluding hydrogens is 350 g/mol. The fraction of sp³-hybridized carbons (Fsp3) is 0.211. The van der Waals surface area contributed by atoms with E-state index in [1.807, 2.05) is 62.4 Å². The third-order valence-electron chi connectivity index (χ3n) is 3.42. The lowest BCUT2D eigenvalue weighted by Gasteiger charge is -2.10. The molecule has 7 heteroatoms. The van der Waals surface area contributed by atoms with Crippen molar-refractivity contribution in [1.82, 2.24) is 15.2 Å². The third-order valence-corrected chi connectivity index (χ3v) is 3.67. The highest BCUT2D eigenvalue weighted by molar-refractivity contribution is 6.30. The van der Waals surface area contributed by atoms with E-state index in [9.17, 15) is 0 Å². The first-order valence-electron chi connectivity index (χ1n) is 8.29. The first kappa shape index (κ1) is 17.9. The minimum absolute atomic E-state index is 0.240. The Hall–Kier alpha value is -2.86. The molecule has 0 aliphatic carbocycles. The van der Waals surface area contributed by atoms with Crippen molar-refractivity contribution in [2.24, 2.45) is 0 Å². The summed E-state index contributed by atoms with van der Waals surface area (Å²) >= 11 is 5.88. The molecule has 0 saturated carbocycles. The average molecular weight is 370 g/mol. The van der Waals surface area contributed by atoms with E-state index in [-0.39, 0.29) is 6.04 Å². The monoisotopic (exact) mass is 369 g/mol. The first-order valence-corrected chi connectivity index (χ1v) is 8.67. The van der Waals surface area contributed by atoms with Crippen LogP contribution in [0, 0.1) is 0 Å². The molecule has 0 fully saturated rings. The van der Waals surface area contributed by atoms with Crippen molar-refractivity contribution in [3.63, 3.8) is 0 Å². The van der Waals surface area contributed by atoms with Gasteiger partial charge in [0, 0.05) is 16.8 Å². The summed E-state index contributed by atoms with van der Waals surface area (Å²) in [6.07, 6.45) is 1.58. The number of aromatic nitrogens is 3. The lowest BCUT2D eigenvalue weighted by Crippen LogP contribution is -2.13. The third kappa shape index (κ3) is 5.32. The Morgan fingerprint density at radius 2 is 1.77 bits per heavy atom. The van der Waals surface area contributed by atoms with Gasteiger partial charge in [0.2, 0.25) is 5.95 Å². The van der Waals surface area contributed by atoms with Gasteiger partial charge in [0.25, 0.3) is 0 Å². The summed E-state index contributed by atoms with van der Waals surface area (Å²) in [5.74, 6) is 1.90. The average Bonchev–Trinajstić information content (AvgIpc) is 2.62. The maximum Gasteiger partial charge on any atom is 0.244 e. The van der Waals surface area contributed by atoms with Gasteiger partial charge >= 0.3 is 0 Å². The minimum atomic E-state index is 0.240. The van der Waals surface area contributed by atoms with Crippen LogP contribution >= 0.6 is 11.6 Å². The second-order valence-electron chi connectivity index (χ2n) is 6.03. The summed E-state index contributed by atoms with van der Waals surface area (Å²) in [5, 5.41) is 14.9. The number of anilines is 3. The van der Waals surface area contributed by atoms with E-state index in [1.54, 1.807) is 6.20 Å². The molecular formula is C19H20ClN5O. The maximum absolute atomic E-state index is 5.88. The summed E-state index contributed by atoms with van der Waals surface area (Å²) in [5.41, 5.74) is 1.95. The zero-order chi connectivity index (χ0) is 18.4. The van der Waals surface area contributed by atoms with E-state index in [0.717, 1.165) is 22.0 Å². The van der Waals surface area contributed by atoms with Crippen LogP contribution in [-0.4, -0.2) is 21.2 Å². The number of benzene rings is 2. The Kier molecular flexibility index (Phi) is 5.86. The molecule has 0 aliphatic heterocycles. The lowest BCUT2D eigenvalue weighted by molar-refractivity contribution is 0.306. The molecule has 1 aromatic heterocycles. The SMILES string of the molecule is CC(C)Nc1nncc(Nc2ccc(OCc3ccc(Cl)cc3)cc2)n1. The van der Waals surface area contributed by atoms with E-state index in [2.05, 4.69) is 25.8 Å². The van der Waals surface area contributed by atoms with Crippen molar-refractivity contribution >= 4 is 29.1 Å². The lowest BCUT2D eigenvalue weighted by atomic mass is 10.2. The molecule has 2 N–H and O–H groups in total. The molecule has 134 valence electrons. The van der Waals surface area contributed by atoms with Crippen LogP contribution in [0.3, 0.4) is 0 Å². The Bertz CT molecular complexity index is 837. The zero-order valence-electron chi connectivity index (χ0n) is 14.6. The van der Waals surface area contributed by atoms with Crippen LogP contribution in [0.2, 0.25) is 5.02 Å². The van der Waals surface area contributed by atoms with Crippen molar-refractivity contribution in [3.05, 3.63) is 65.3 Å². The first-order chi connectivity index (χ1) is 12.6. The van der Waals surface area contributed by atoms with E-state index in [0.29, 0.717) is 18.4 Å². The summed E-state index contributed by atoms with van der Waals surface area (Å²) in [6.45, 7) is 4.53. The molecule has 1 heterocycles. The van der Waals surface area contributed by atoms with E-state index in [1.165, 1.54) is 0 Å². The Labute approximate surface area is 157 Å². The van der Waals surface area contributed by atoms with E-state index in [4.69, 9.17) is 16.3 Å². The van der Waals surface area contributed by atoms with Crippen molar-refractivity contribution < 1.29 is 4.74 Å². The summed E-state index contributed by atoms with van der Waals surface area (Å²) < 4.78 is 5.78. The van der Waals surface area contributed by atoms with Gasteiger partial charge in [-0.1, -0.05) is 23.7 Å². The van der Waals surface area contributed by atoms with Gasteiger partial charge in [-0.3, -0.25) is 0 Å². The summed E-state index contributed by atoms with van der Waals surface area (Å²) in [6, 6.07) is 15.5. The molecule has 0 aliphatic rings. The number of nitrogens with one attached hydrogen (secondary N) is 2. The highest BCUT2D eigenvalue weighted by Gasteiger charge is 2.03. The van der Waals surface area contributed by atoms with Crippen LogP contribution < -0.4 is 15.4 Å². The molecule has 0 spiro atoms. The highest BCUT2D eigenvalue weighted by atomic mass is 35.5. The highest BCUT2D eigenvalue weighted by Crippen LogP contribution is 2.20. The van der Waals surface area contributed by atoms with Crippen LogP contribution in [0.25, 0.3) is 0 Å². The summed E-state index contributed by atoms with van der Waals surface area (Å²) in [4.78, 5) is 4.38. The van der Waals surface area contributed by atoms with Gasteiger partial charge in [-0.2, -0.15) is 10.1 Å². The number of nitrogens with zero attached hydrogens (tertiary/aromatic N) is 3. The van der Waals surface area contributed by atoms with Gasteiger partial charge in [0.1, 0.15) is 12.4 Å². The summed E-state index contributed by atoms with van der Waals surface area (Å²) in [7, 11) is 0. The fourth-order valence-electron chi connectivity index (χ4n) is 2.21. The van der Waals surface area contributed by atoms with E-state index < -0.39 is 0 Å². The number of hydrogen-bond donors (Lipinski definition) is 2. The fourth-order valence-corrected chi connectivity index (χ4v) is 2.34. The molecule has 3 rings (SSSR count). The molecule has 0 saturated heterocycles. The van der Waals surface area contributed by atoms with Crippen LogP contribution in [0.15, 0.2) is 54.7 Å². The maximum atomic E-state index is 5.88. The van der Waals surface area contributed by atoms with Crippen molar-refractivity contribution in [1.29, 1.82) is 0 Å². The molecule has 3 aromatic rings. The Morgan fingerprint density at radius 3 is 2.46 bits per heavy atom. The van der Waals surface area contributed by atoms with Gasteiger partial charge in [-0.25, -0.2) is 0 Å². The van der Waals surface area contributed by atoms with E-state index >= 15 is 0 Å². The second-order valence-corrected chi connectivity index (χ2v) is 6.47. The molecule has 26 heavy (non-hydrogen) atoms. The van der Waals surface area contributed by atoms with Gasteiger partial charge in [0.05, 0.1) is 6.20 Å². The standard InChI is InChI=1S/C19H20ClN5O/c1-13(2)22-19-24-18(11-21-25-19)23-16-7-9-17(10-8-16)26-12-14-3-5-15(20)6-4-14/h3-11,13H,12H2,1-2H3,(H2,22,23,24,25). The van der Waals surface area contributed by atoms with Crippen molar-refractivity contribution in [2.45, 2.75) is 26.5 Å².